The fraction of sp³-hybridized carbons (Fsp3) is 0.294. The number of rotatable bonds is 0. The molecule has 0 heterocycles. The van der Waals surface area contributed by atoms with Crippen LogP contribution in [-0.2, 0) is 25.8 Å². The Labute approximate surface area is 139 Å². The SMILES string of the molecule is CP(C)C.Cc1ccccc1.Cc1ccccc1.[Hf]. The molecule has 0 atom stereocenters. The molecule has 2 heteroatoms. The van der Waals surface area contributed by atoms with Gasteiger partial charge in [0.05, 0.1) is 0 Å². The molecule has 2 aromatic carbocycles. The molecule has 0 saturated carbocycles. The average Bonchev–Trinajstić information content (AvgIpc) is 2.31. The summed E-state index contributed by atoms with van der Waals surface area (Å²) in [6, 6.07) is 20.5. The number of aryl methyl sites for hydroxylation is 2. The quantitative estimate of drug-likeness (QED) is 0.384. The second-order valence-corrected chi connectivity index (χ2v) is 7.33. The van der Waals surface area contributed by atoms with Crippen molar-refractivity contribution in [2.45, 2.75) is 13.8 Å². The predicted octanol–water partition coefficient (Wildman–Crippen LogP) is 5.35. The Morgan fingerprint density at radius 1 is 0.579 bits per heavy atom. The van der Waals surface area contributed by atoms with Crippen LogP contribution in [0.2, 0.25) is 0 Å². The van der Waals surface area contributed by atoms with E-state index in [9.17, 15) is 0 Å². The first kappa shape index (κ1) is 21.0. The number of hydrogen-bond donors (Lipinski definition) is 0. The third kappa shape index (κ3) is 17.7. The van der Waals surface area contributed by atoms with Crippen molar-refractivity contribution in [1.29, 1.82) is 0 Å². The van der Waals surface area contributed by atoms with Crippen molar-refractivity contribution >= 4 is 7.92 Å². The Kier molecular flexibility index (Phi) is 15.7. The maximum atomic E-state index is 2.23. The van der Waals surface area contributed by atoms with E-state index in [1.54, 1.807) is 0 Å². The van der Waals surface area contributed by atoms with Gasteiger partial charge in [-0.3, -0.25) is 0 Å². The molecule has 0 fully saturated rings. The Hall–Kier alpha value is -0.260. The molecule has 19 heavy (non-hydrogen) atoms. The molecule has 2 aromatic rings. The van der Waals surface area contributed by atoms with Crippen LogP contribution in [0.1, 0.15) is 11.1 Å². The first-order chi connectivity index (χ1) is 8.52. The smallest absolute Gasteiger partial charge is 0 e. The van der Waals surface area contributed by atoms with Gasteiger partial charge in [-0.1, -0.05) is 71.8 Å². The average molecular weight is 439 g/mol. The van der Waals surface area contributed by atoms with Crippen molar-refractivity contribution in [3.63, 3.8) is 0 Å². The van der Waals surface area contributed by atoms with Crippen LogP contribution in [0, 0.1) is 13.8 Å². The topological polar surface area (TPSA) is 0 Å². The van der Waals surface area contributed by atoms with E-state index in [2.05, 4.69) is 58.1 Å². The Morgan fingerprint density at radius 2 is 0.789 bits per heavy atom. The monoisotopic (exact) mass is 440 g/mol. The molecule has 0 aromatic heterocycles. The van der Waals surface area contributed by atoms with E-state index in [1.807, 2.05) is 36.4 Å². The molecule has 0 nitrogen and oxygen atoms in total. The molecule has 0 N–H and O–H groups in total. The van der Waals surface area contributed by atoms with Crippen LogP contribution in [0.15, 0.2) is 60.7 Å². The van der Waals surface area contributed by atoms with Crippen LogP contribution in [0.3, 0.4) is 0 Å². The number of benzene rings is 2. The predicted molar refractivity (Wildman–Crippen MR) is 87.1 cm³/mol. The van der Waals surface area contributed by atoms with Gasteiger partial charge in [-0.2, -0.15) is 0 Å². The second-order valence-electron chi connectivity index (χ2n) is 4.65. The summed E-state index contributed by atoms with van der Waals surface area (Å²) >= 11 is 0. The molecular weight excluding hydrogens is 414 g/mol. The van der Waals surface area contributed by atoms with Crippen LogP contribution in [0.5, 0.6) is 0 Å². The number of hydrogen-bond acceptors (Lipinski definition) is 0. The van der Waals surface area contributed by atoms with E-state index >= 15 is 0 Å². The molecule has 0 radical (unpaired) electrons. The van der Waals surface area contributed by atoms with Gasteiger partial charge < -0.3 is 0 Å². The second kappa shape index (κ2) is 14.2. The molecule has 0 unspecified atom stereocenters. The minimum Gasteiger partial charge on any atom is -0.116 e. The van der Waals surface area contributed by atoms with Crippen molar-refractivity contribution in [2.75, 3.05) is 20.0 Å². The van der Waals surface area contributed by atoms with Crippen molar-refractivity contribution in [2.24, 2.45) is 0 Å². The van der Waals surface area contributed by atoms with E-state index in [-0.39, 0.29) is 25.8 Å². The first-order valence-electron chi connectivity index (χ1n) is 6.16. The zero-order valence-corrected chi connectivity index (χ0v) is 17.2. The molecule has 0 saturated heterocycles. The Balaban J connectivity index is 0. The molecule has 102 valence electrons. The summed E-state index contributed by atoms with van der Waals surface area (Å²) in [5.41, 5.74) is 2.64. The van der Waals surface area contributed by atoms with Gasteiger partial charge in [0.2, 0.25) is 0 Å². The van der Waals surface area contributed by atoms with Gasteiger partial charge in [-0.25, -0.2) is 0 Å². The maximum absolute atomic E-state index is 2.23. The van der Waals surface area contributed by atoms with Crippen LogP contribution in [0.25, 0.3) is 0 Å². The van der Waals surface area contributed by atoms with Gasteiger partial charge >= 0.3 is 0 Å². The fourth-order valence-corrected chi connectivity index (χ4v) is 1.07. The minimum atomic E-state index is 0. The van der Waals surface area contributed by atoms with Crippen molar-refractivity contribution in [3.05, 3.63) is 71.8 Å². The van der Waals surface area contributed by atoms with Crippen LogP contribution >= 0.6 is 7.92 Å². The molecule has 0 amide bonds. The molecule has 0 aliphatic rings. The van der Waals surface area contributed by atoms with Gasteiger partial charge in [0.25, 0.3) is 0 Å². The Bertz CT molecular complexity index is 344. The summed E-state index contributed by atoms with van der Waals surface area (Å²) in [5, 5.41) is 0. The summed E-state index contributed by atoms with van der Waals surface area (Å²) < 4.78 is 0. The fourth-order valence-electron chi connectivity index (χ4n) is 1.07. The van der Waals surface area contributed by atoms with E-state index in [1.165, 1.54) is 11.1 Å². The van der Waals surface area contributed by atoms with Gasteiger partial charge in [-0.05, 0) is 33.8 Å². The maximum Gasteiger partial charge on any atom is 0 e. The van der Waals surface area contributed by atoms with Gasteiger partial charge in [0.1, 0.15) is 0 Å². The molecular formula is C17H25HfP. The minimum absolute atomic E-state index is 0. The normalized spacial score (nSPS) is 8.32. The zero-order chi connectivity index (χ0) is 13.8. The summed E-state index contributed by atoms with van der Waals surface area (Å²) in [7, 11) is 0.380. The molecule has 2 rings (SSSR count). The Morgan fingerprint density at radius 3 is 0.895 bits per heavy atom. The van der Waals surface area contributed by atoms with E-state index < -0.39 is 0 Å². The summed E-state index contributed by atoms with van der Waals surface area (Å²) in [4.78, 5) is 0. The molecule has 0 aliphatic heterocycles. The first-order valence-corrected chi connectivity index (χ1v) is 8.85. The molecule has 0 spiro atoms. The third-order valence-electron chi connectivity index (χ3n) is 1.88. The van der Waals surface area contributed by atoms with Crippen molar-refractivity contribution in [3.8, 4) is 0 Å². The zero-order valence-electron chi connectivity index (χ0n) is 12.7. The van der Waals surface area contributed by atoms with Gasteiger partial charge in [0.15, 0.2) is 0 Å². The van der Waals surface area contributed by atoms with Crippen LogP contribution < -0.4 is 0 Å². The van der Waals surface area contributed by atoms with Gasteiger partial charge in [0, 0.05) is 25.8 Å². The third-order valence-corrected chi connectivity index (χ3v) is 1.88. The van der Waals surface area contributed by atoms with Gasteiger partial charge in [-0.15, -0.1) is 7.92 Å². The molecule has 0 bridgehead atoms. The summed E-state index contributed by atoms with van der Waals surface area (Å²) in [5.74, 6) is 0. The van der Waals surface area contributed by atoms with Crippen LogP contribution in [0.4, 0.5) is 0 Å². The van der Waals surface area contributed by atoms with Crippen LogP contribution in [-0.4, -0.2) is 20.0 Å². The summed E-state index contributed by atoms with van der Waals surface area (Å²) in [6.45, 7) is 10.9. The van der Waals surface area contributed by atoms with E-state index in [0.717, 1.165) is 0 Å². The standard InChI is InChI=1S/2C7H8.C3H9P.Hf/c2*1-7-5-3-2-4-6-7;1-4(2)3;/h2*2-6H,1H3;1-3H3;. The van der Waals surface area contributed by atoms with Crippen molar-refractivity contribution < 1.29 is 25.8 Å². The largest absolute Gasteiger partial charge is 0.116 e. The van der Waals surface area contributed by atoms with E-state index in [0.29, 0.717) is 7.92 Å². The molecule has 0 aliphatic carbocycles. The summed E-state index contributed by atoms with van der Waals surface area (Å²) in [6.07, 6.45) is 0. The van der Waals surface area contributed by atoms with Crippen molar-refractivity contribution in [1.82, 2.24) is 0 Å². The van der Waals surface area contributed by atoms with E-state index in [4.69, 9.17) is 0 Å².